The van der Waals surface area contributed by atoms with E-state index in [4.69, 9.17) is 20.5 Å². The van der Waals surface area contributed by atoms with E-state index in [-0.39, 0.29) is 6.61 Å². The van der Waals surface area contributed by atoms with E-state index in [9.17, 15) is 9.36 Å². The molecular formula is C19H21ClNO4P. The van der Waals surface area contributed by atoms with Gasteiger partial charge in [0.2, 0.25) is 0 Å². The number of rotatable bonds is 7. The lowest BCUT2D eigenvalue weighted by atomic mass is 10.00. The normalized spacial score (nSPS) is 18.0. The maximum absolute atomic E-state index is 12.8. The van der Waals surface area contributed by atoms with Gasteiger partial charge in [-0.1, -0.05) is 61.4 Å². The fourth-order valence-electron chi connectivity index (χ4n) is 3.10. The fourth-order valence-corrected chi connectivity index (χ4v) is 5.09. The van der Waals surface area contributed by atoms with E-state index < -0.39 is 18.4 Å². The van der Waals surface area contributed by atoms with Crippen molar-refractivity contribution in [1.82, 2.24) is 5.09 Å². The van der Waals surface area contributed by atoms with Gasteiger partial charge in [0.05, 0.1) is 0 Å². The second kappa shape index (κ2) is 8.26. The molecule has 0 aliphatic heterocycles. The van der Waals surface area contributed by atoms with Gasteiger partial charge < -0.3 is 9.26 Å². The van der Waals surface area contributed by atoms with Gasteiger partial charge in [0.1, 0.15) is 17.9 Å². The SMILES string of the molecule is O=C(OCc1ccccc1)C1(NP(=O)(Cl)Oc2ccccc2)CCCC1. The Kier molecular flexibility index (Phi) is 6.02. The molecule has 7 heteroatoms. The summed E-state index contributed by atoms with van der Waals surface area (Å²) in [6, 6.07) is 18.1. The molecule has 5 nitrogen and oxygen atoms in total. The molecule has 2 aromatic rings. The summed E-state index contributed by atoms with van der Waals surface area (Å²) in [5, 5.41) is 2.78. The summed E-state index contributed by atoms with van der Waals surface area (Å²) < 4.78 is 23.6. The Bertz CT molecular complexity index is 779. The van der Waals surface area contributed by atoms with Crippen LogP contribution in [-0.4, -0.2) is 11.5 Å². The minimum absolute atomic E-state index is 0.162. The highest BCUT2D eigenvalue weighted by Crippen LogP contribution is 2.52. The number of ether oxygens (including phenoxy) is 1. The van der Waals surface area contributed by atoms with Crippen molar-refractivity contribution in [2.24, 2.45) is 0 Å². The maximum atomic E-state index is 12.8. The van der Waals surface area contributed by atoms with E-state index in [1.54, 1.807) is 24.3 Å². The van der Waals surface area contributed by atoms with Crippen LogP contribution in [0.3, 0.4) is 0 Å². The summed E-state index contributed by atoms with van der Waals surface area (Å²) in [6.07, 6.45) is 2.68. The molecule has 2 aromatic carbocycles. The number of hydrogen-bond donors (Lipinski definition) is 1. The van der Waals surface area contributed by atoms with Crippen molar-refractivity contribution in [2.75, 3.05) is 0 Å². The highest BCUT2D eigenvalue weighted by Gasteiger charge is 2.47. The Balaban J connectivity index is 1.68. The zero-order valence-corrected chi connectivity index (χ0v) is 15.9. The summed E-state index contributed by atoms with van der Waals surface area (Å²) in [7, 11) is 0. The monoisotopic (exact) mass is 393 g/mol. The topological polar surface area (TPSA) is 64.6 Å². The lowest BCUT2D eigenvalue weighted by molar-refractivity contribution is -0.152. The maximum Gasteiger partial charge on any atom is 0.410 e. The molecule has 1 aliphatic rings. The molecule has 1 saturated carbocycles. The van der Waals surface area contributed by atoms with Crippen molar-refractivity contribution < 1.29 is 18.6 Å². The van der Waals surface area contributed by atoms with E-state index in [0.717, 1.165) is 18.4 Å². The Morgan fingerprint density at radius 1 is 1.04 bits per heavy atom. The first-order chi connectivity index (χ1) is 12.5. The minimum atomic E-state index is -3.76. The predicted octanol–water partition coefficient (Wildman–Crippen LogP) is 5.06. The van der Waals surface area contributed by atoms with Crippen molar-refractivity contribution in [2.45, 2.75) is 37.8 Å². The molecular weight excluding hydrogens is 373 g/mol. The van der Waals surface area contributed by atoms with Crippen LogP contribution in [0.5, 0.6) is 5.75 Å². The van der Waals surface area contributed by atoms with Gasteiger partial charge in [0, 0.05) is 11.2 Å². The van der Waals surface area contributed by atoms with Gasteiger partial charge >= 0.3 is 12.8 Å². The van der Waals surface area contributed by atoms with Crippen LogP contribution in [0, 0.1) is 0 Å². The molecule has 0 heterocycles. The molecule has 0 amide bonds. The Hall–Kier alpha value is -1.81. The molecule has 138 valence electrons. The van der Waals surface area contributed by atoms with Crippen LogP contribution in [0.25, 0.3) is 0 Å². The van der Waals surface area contributed by atoms with E-state index in [0.29, 0.717) is 18.6 Å². The molecule has 0 radical (unpaired) electrons. The third-order valence-electron chi connectivity index (χ3n) is 4.37. The molecule has 0 bridgehead atoms. The highest BCUT2D eigenvalue weighted by molar-refractivity contribution is 7.84. The van der Waals surface area contributed by atoms with Gasteiger partial charge in [-0.2, -0.15) is 0 Å². The molecule has 1 N–H and O–H groups in total. The molecule has 0 aromatic heterocycles. The molecule has 1 unspecified atom stereocenters. The summed E-state index contributed by atoms with van der Waals surface area (Å²) in [4.78, 5) is 12.8. The average molecular weight is 394 g/mol. The standard InChI is InChI=1S/C19H21ClNO4P/c20-26(23,25-17-11-5-2-6-12-17)21-19(13-7-8-14-19)18(22)24-15-16-9-3-1-4-10-16/h1-6,9-12H,7-8,13-15H2,(H,21,23). The molecule has 0 spiro atoms. The first-order valence-electron chi connectivity index (χ1n) is 8.54. The second-order valence-electron chi connectivity index (χ2n) is 6.35. The van der Waals surface area contributed by atoms with E-state index in [1.807, 2.05) is 36.4 Å². The van der Waals surface area contributed by atoms with Crippen LogP contribution >= 0.6 is 18.1 Å². The molecule has 0 saturated heterocycles. The van der Waals surface area contributed by atoms with Crippen LogP contribution in [0.1, 0.15) is 31.2 Å². The van der Waals surface area contributed by atoms with Crippen LogP contribution in [0.2, 0.25) is 0 Å². The van der Waals surface area contributed by atoms with Crippen LogP contribution in [0.15, 0.2) is 60.7 Å². The van der Waals surface area contributed by atoms with Gasteiger partial charge in [-0.3, -0.25) is 4.79 Å². The molecule has 1 atom stereocenters. The van der Waals surface area contributed by atoms with Gasteiger partial charge in [-0.25, -0.2) is 9.65 Å². The summed E-state index contributed by atoms with van der Waals surface area (Å²) in [5.74, 6) is -0.0690. The lowest BCUT2D eigenvalue weighted by Crippen LogP contribution is -2.49. The zero-order chi connectivity index (χ0) is 18.5. The summed E-state index contributed by atoms with van der Waals surface area (Å²) in [5.41, 5.74) is -0.190. The molecule has 26 heavy (non-hydrogen) atoms. The largest absolute Gasteiger partial charge is 0.459 e. The Morgan fingerprint density at radius 2 is 1.62 bits per heavy atom. The number of benzene rings is 2. The summed E-state index contributed by atoms with van der Waals surface area (Å²) in [6.45, 7) is -3.60. The average Bonchev–Trinajstić information content (AvgIpc) is 3.10. The number of halogens is 1. The number of carbonyl (C=O) groups is 1. The van der Waals surface area contributed by atoms with Crippen LogP contribution in [-0.2, 0) is 20.7 Å². The van der Waals surface area contributed by atoms with Crippen LogP contribution < -0.4 is 9.61 Å². The first-order valence-corrected chi connectivity index (χ1v) is 11.1. The van der Waals surface area contributed by atoms with Gasteiger partial charge in [0.15, 0.2) is 0 Å². The number of hydrogen-bond acceptors (Lipinski definition) is 4. The first kappa shape index (κ1) is 19.0. The second-order valence-corrected chi connectivity index (χ2v) is 9.05. The van der Waals surface area contributed by atoms with E-state index >= 15 is 0 Å². The van der Waals surface area contributed by atoms with Crippen molar-refractivity contribution in [3.05, 3.63) is 66.2 Å². The fraction of sp³-hybridized carbons (Fsp3) is 0.316. The quantitative estimate of drug-likeness (QED) is 0.526. The van der Waals surface area contributed by atoms with E-state index in [1.165, 1.54) is 0 Å². The molecule has 3 rings (SSSR count). The third-order valence-corrected chi connectivity index (χ3v) is 5.98. The lowest BCUT2D eigenvalue weighted by Gasteiger charge is -2.29. The number of esters is 1. The smallest absolute Gasteiger partial charge is 0.410 e. The van der Waals surface area contributed by atoms with Crippen molar-refractivity contribution in [3.8, 4) is 5.75 Å². The van der Waals surface area contributed by atoms with Crippen molar-refractivity contribution in [1.29, 1.82) is 0 Å². The minimum Gasteiger partial charge on any atom is -0.459 e. The number of para-hydroxylation sites is 1. The van der Waals surface area contributed by atoms with Crippen molar-refractivity contribution in [3.63, 3.8) is 0 Å². The predicted molar refractivity (Wildman–Crippen MR) is 101 cm³/mol. The Labute approximate surface area is 158 Å². The number of carbonyl (C=O) groups excluding carboxylic acids is 1. The zero-order valence-electron chi connectivity index (χ0n) is 14.3. The van der Waals surface area contributed by atoms with Gasteiger partial charge in [-0.15, -0.1) is 0 Å². The van der Waals surface area contributed by atoms with E-state index in [2.05, 4.69) is 5.09 Å². The van der Waals surface area contributed by atoms with Crippen molar-refractivity contribution >= 4 is 24.1 Å². The third kappa shape index (κ3) is 4.88. The summed E-state index contributed by atoms with van der Waals surface area (Å²) >= 11 is 6.12. The Morgan fingerprint density at radius 3 is 2.23 bits per heavy atom. The highest BCUT2D eigenvalue weighted by atomic mass is 35.7. The molecule has 1 fully saturated rings. The van der Waals surface area contributed by atoms with Gasteiger partial charge in [0.25, 0.3) is 0 Å². The van der Waals surface area contributed by atoms with Gasteiger partial charge in [-0.05, 0) is 30.5 Å². The molecule has 1 aliphatic carbocycles. The number of nitrogens with one attached hydrogen (secondary N) is 1. The van der Waals surface area contributed by atoms with Crippen LogP contribution in [0.4, 0.5) is 0 Å².